The van der Waals surface area contributed by atoms with E-state index in [0.717, 1.165) is 24.8 Å². The summed E-state index contributed by atoms with van der Waals surface area (Å²) in [5.41, 5.74) is 7.43. The van der Waals surface area contributed by atoms with Crippen molar-refractivity contribution in [2.75, 3.05) is 26.2 Å². The zero-order valence-corrected chi connectivity index (χ0v) is 14.7. The molecule has 0 aromatic carbocycles. The molecule has 2 N–H and O–H groups in total. The van der Waals surface area contributed by atoms with Gasteiger partial charge in [-0.2, -0.15) is 0 Å². The summed E-state index contributed by atoms with van der Waals surface area (Å²) in [4.78, 5) is 41.0. The number of carbonyl (C=O) groups excluding carboxylic acids is 3. The number of hydrogen-bond donors (Lipinski definition) is 1. The van der Waals surface area contributed by atoms with E-state index >= 15 is 0 Å². The molecule has 1 saturated heterocycles. The fourth-order valence-corrected chi connectivity index (χ4v) is 4.63. The topological polar surface area (TPSA) is 83.7 Å². The molecule has 1 aliphatic heterocycles. The minimum Gasteiger partial charge on any atom is -0.369 e. The van der Waals surface area contributed by atoms with Crippen LogP contribution < -0.4 is 5.73 Å². The molecule has 1 atom stereocenters. The highest BCUT2D eigenvalue weighted by molar-refractivity contribution is 7.10. The summed E-state index contributed by atoms with van der Waals surface area (Å²) in [6.07, 6.45) is 4.30. The second-order valence-electron chi connectivity index (χ2n) is 6.57. The van der Waals surface area contributed by atoms with Gasteiger partial charge in [-0.25, -0.2) is 0 Å². The van der Waals surface area contributed by atoms with Crippen molar-refractivity contribution in [2.45, 2.75) is 32.6 Å². The van der Waals surface area contributed by atoms with E-state index in [2.05, 4.69) is 0 Å². The SMILES string of the molecule is CC(=O)N1CCN(C(=O)c2csc3c2CCCC3)C[C@@H](C(N)=O)C1. The zero-order chi connectivity index (χ0) is 17.3. The van der Waals surface area contributed by atoms with E-state index in [1.54, 1.807) is 21.1 Å². The van der Waals surface area contributed by atoms with E-state index in [9.17, 15) is 14.4 Å². The molecule has 1 aliphatic carbocycles. The standard InChI is InChI=1S/C17H23N3O3S/c1-11(21)19-6-7-20(9-12(8-19)16(18)22)17(23)14-10-24-15-5-3-2-4-13(14)15/h10,12H,2-9H2,1H3,(H2,18,22)/t12-/m0/s1. The van der Waals surface area contributed by atoms with Crippen LogP contribution in [0.2, 0.25) is 0 Å². The molecule has 1 aromatic rings. The van der Waals surface area contributed by atoms with E-state index < -0.39 is 11.8 Å². The molecule has 0 bridgehead atoms. The number of primary amides is 1. The third kappa shape index (κ3) is 3.31. The lowest BCUT2D eigenvalue weighted by Gasteiger charge is -2.23. The van der Waals surface area contributed by atoms with Crippen molar-refractivity contribution in [3.05, 3.63) is 21.4 Å². The number of amides is 3. The van der Waals surface area contributed by atoms with Gasteiger partial charge < -0.3 is 15.5 Å². The van der Waals surface area contributed by atoms with E-state index in [4.69, 9.17) is 5.73 Å². The molecule has 0 radical (unpaired) electrons. The molecular formula is C17H23N3O3S. The molecule has 2 aliphatic rings. The Hall–Kier alpha value is -1.89. The first kappa shape index (κ1) is 17.0. The molecule has 0 spiro atoms. The quantitative estimate of drug-likeness (QED) is 0.866. The Kier molecular flexibility index (Phi) is 4.89. The number of rotatable bonds is 2. The Bertz CT molecular complexity index is 670. The van der Waals surface area contributed by atoms with Gasteiger partial charge in [-0.15, -0.1) is 11.3 Å². The highest BCUT2D eigenvalue weighted by atomic mass is 32.1. The summed E-state index contributed by atoms with van der Waals surface area (Å²) in [5.74, 6) is -1.11. The average molecular weight is 349 g/mol. The van der Waals surface area contributed by atoms with Crippen LogP contribution >= 0.6 is 11.3 Å². The minimum atomic E-state index is -0.519. The number of nitrogens with zero attached hydrogens (tertiary/aromatic N) is 2. The zero-order valence-electron chi connectivity index (χ0n) is 13.9. The van der Waals surface area contributed by atoms with Crippen LogP contribution in [0.15, 0.2) is 5.38 Å². The molecule has 3 rings (SSSR count). The fourth-order valence-electron chi connectivity index (χ4n) is 3.51. The summed E-state index contributed by atoms with van der Waals surface area (Å²) in [6.45, 7) is 2.92. The lowest BCUT2D eigenvalue weighted by Crippen LogP contribution is -2.41. The van der Waals surface area contributed by atoms with Crippen LogP contribution in [0.4, 0.5) is 0 Å². The van der Waals surface area contributed by atoms with Crippen molar-refractivity contribution in [1.82, 2.24) is 9.80 Å². The van der Waals surface area contributed by atoms with Gasteiger partial charge in [0.15, 0.2) is 0 Å². The fraction of sp³-hybridized carbons (Fsp3) is 0.588. The number of hydrogen-bond acceptors (Lipinski definition) is 4. The van der Waals surface area contributed by atoms with Crippen molar-refractivity contribution in [3.63, 3.8) is 0 Å². The molecule has 0 unspecified atom stereocenters. The molecule has 3 amide bonds. The Morgan fingerprint density at radius 2 is 1.79 bits per heavy atom. The third-order valence-corrected chi connectivity index (χ3v) is 6.04. The van der Waals surface area contributed by atoms with Gasteiger partial charge in [0.05, 0.1) is 11.5 Å². The maximum absolute atomic E-state index is 13.0. The number of carbonyl (C=O) groups is 3. The van der Waals surface area contributed by atoms with Crippen LogP contribution in [0.1, 0.15) is 40.6 Å². The average Bonchev–Trinajstić information content (AvgIpc) is 2.84. The van der Waals surface area contributed by atoms with Crippen molar-refractivity contribution in [1.29, 1.82) is 0 Å². The van der Waals surface area contributed by atoms with E-state index in [-0.39, 0.29) is 24.9 Å². The maximum Gasteiger partial charge on any atom is 0.255 e. The predicted molar refractivity (Wildman–Crippen MR) is 91.8 cm³/mol. The molecular weight excluding hydrogens is 326 g/mol. The molecule has 6 nitrogen and oxygen atoms in total. The van der Waals surface area contributed by atoms with E-state index in [0.29, 0.717) is 13.1 Å². The number of thiophene rings is 1. The van der Waals surface area contributed by atoms with Crippen LogP contribution in [0.25, 0.3) is 0 Å². The van der Waals surface area contributed by atoms with Gasteiger partial charge in [-0.3, -0.25) is 14.4 Å². The molecule has 2 heterocycles. The smallest absolute Gasteiger partial charge is 0.255 e. The maximum atomic E-state index is 13.0. The van der Waals surface area contributed by atoms with Gasteiger partial charge in [0.2, 0.25) is 11.8 Å². The Labute approximate surface area is 145 Å². The second kappa shape index (κ2) is 6.93. The van der Waals surface area contributed by atoms with Crippen molar-refractivity contribution in [2.24, 2.45) is 11.7 Å². The van der Waals surface area contributed by atoms with Crippen LogP contribution in [0, 0.1) is 5.92 Å². The third-order valence-electron chi connectivity index (χ3n) is 4.95. The van der Waals surface area contributed by atoms with Crippen LogP contribution in [-0.4, -0.2) is 53.7 Å². The van der Waals surface area contributed by atoms with Gasteiger partial charge >= 0.3 is 0 Å². The lowest BCUT2D eigenvalue weighted by atomic mass is 9.95. The van der Waals surface area contributed by atoms with Crippen LogP contribution in [0.5, 0.6) is 0 Å². The first-order valence-corrected chi connectivity index (χ1v) is 9.28. The van der Waals surface area contributed by atoms with Crippen LogP contribution in [-0.2, 0) is 22.4 Å². The molecule has 1 aromatic heterocycles. The lowest BCUT2D eigenvalue weighted by molar-refractivity contribution is -0.130. The summed E-state index contributed by atoms with van der Waals surface area (Å²) in [7, 11) is 0. The summed E-state index contributed by atoms with van der Waals surface area (Å²) in [5, 5.41) is 1.95. The summed E-state index contributed by atoms with van der Waals surface area (Å²) in [6, 6.07) is 0. The van der Waals surface area contributed by atoms with E-state index in [1.165, 1.54) is 23.8 Å². The Morgan fingerprint density at radius 1 is 1.12 bits per heavy atom. The molecule has 0 saturated carbocycles. The van der Waals surface area contributed by atoms with Gasteiger partial charge in [0.1, 0.15) is 0 Å². The normalized spacial score (nSPS) is 21.1. The van der Waals surface area contributed by atoms with Gasteiger partial charge in [0, 0.05) is 43.4 Å². The van der Waals surface area contributed by atoms with E-state index in [1.807, 2.05) is 5.38 Å². The highest BCUT2D eigenvalue weighted by Gasteiger charge is 2.32. The Balaban J connectivity index is 1.82. The number of aryl methyl sites for hydroxylation is 1. The molecule has 7 heteroatoms. The minimum absolute atomic E-state index is 0.0361. The van der Waals surface area contributed by atoms with Crippen molar-refractivity contribution in [3.8, 4) is 0 Å². The van der Waals surface area contributed by atoms with Gasteiger partial charge in [-0.1, -0.05) is 0 Å². The number of fused-ring (bicyclic) bond motifs is 1. The number of nitrogens with two attached hydrogens (primary N) is 1. The first-order valence-electron chi connectivity index (χ1n) is 8.40. The predicted octanol–water partition coefficient (Wildman–Crippen LogP) is 1.03. The van der Waals surface area contributed by atoms with Crippen molar-refractivity contribution >= 4 is 29.1 Å². The highest BCUT2D eigenvalue weighted by Crippen LogP contribution is 2.31. The van der Waals surface area contributed by atoms with Crippen molar-refractivity contribution < 1.29 is 14.4 Å². The van der Waals surface area contributed by atoms with Gasteiger partial charge in [0.25, 0.3) is 5.91 Å². The molecule has 1 fully saturated rings. The molecule has 130 valence electrons. The summed E-state index contributed by atoms with van der Waals surface area (Å²) < 4.78 is 0. The second-order valence-corrected chi connectivity index (χ2v) is 7.54. The first-order chi connectivity index (χ1) is 11.5. The largest absolute Gasteiger partial charge is 0.369 e. The Morgan fingerprint density at radius 3 is 2.50 bits per heavy atom. The molecule has 24 heavy (non-hydrogen) atoms. The van der Waals surface area contributed by atoms with Crippen LogP contribution in [0.3, 0.4) is 0 Å². The summed E-state index contributed by atoms with van der Waals surface area (Å²) >= 11 is 1.66. The van der Waals surface area contributed by atoms with Gasteiger partial charge in [-0.05, 0) is 31.2 Å². The monoisotopic (exact) mass is 349 g/mol.